The molecule has 0 aliphatic carbocycles. The van der Waals surface area contributed by atoms with Gasteiger partial charge in [0.1, 0.15) is 17.7 Å². The molecule has 1 unspecified atom stereocenters. The molecule has 1 aliphatic heterocycles. The molecule has 2 rings (SSSR count). The molecule has 2 N–H and O–H groups in total. The van der Waals surface area contributed by atoms with Crippen LogP contribution in [0, 0.1) is 5.82 Å². The van der Waals surface area contributed by atoms with Crippen LogP contribution in [0.15, 0.2) is 23.2 Å². The average molecular weight is 303 g/mol. The lowest BCUT2D eigenvalue weighted by molar-refractivity contribution is -0.137. The van der Waals surface area contributed by atoms with Crippen LogP contribution in [0.25, 0.3) is 0 Å². The predicted octanol–water partition coefficient (Wildman–Crippen LogP) is 3.09. The van der Waals surface area contributed by atoms with E-state index in [0.29, 0.717) is 6.07 Å². The number of aliphatic imine (C=N–C) groups is 1. The van der Waals surface area contributed by atoms with E-state index in [1.54, 1.807) is 13.8 Å². The van der Waals surface area contributed by atoms with Crippen LogP contribution in [0.1, 0.15) is 31.0 Å². The highest BCUT2D eigenvalue weighted by Gasteiger charge is 2.38. The summed E-state index contributed by atoms with van der Waals surface area (Å²) in [5.74, 6) is -1.19. The molecule has 0 radical (unpaired) electrons. The molecular formula is C13H13F4N3O. The van der Waals surface area contributed by atoms with Gasteiger partial charge < -0.3 is 10.6 Å². The third-order valence-electron chi connectivity index (χ3n) is 3.12. The van der Waals surface area contributed by atoms with Crippen molar-refractivity contribution >= 4 is 11.9 Å². The Morgan fingerprint density at radius 2 is 1.90 bits per heavy atom. The Bertz CT molecular complexity index is 610. The van der Waals surface area contributed by atoms with Crippen LogP contribution in [-0.4, -0.2) is 22.8 Å². The molecule has 1 aromatic carbocycles. The van der Waals surface area contributed by atoms with Crippen molar-refractivity contribution in [2.75, 3.05) is 0 Å². The number of halogens is 4. The number of hydrogen-bond acceptors (Lipinski definition) is 2. The largest absolute Gasteiger partial charge is 0.416 e. The fraction of sp³-hybridized carbons (Fsp3) is 0.385. The summed E-state index contributed by atoms with van der Waals surface area (Å²) in [7, 11) is 0. The van der Waals surface area contributed by atoms with E-state index in [0.717, 1.165) is 12.1 Å². The lowest BCUT2D eigenvalue weighted by Crippen LogP contribution is -2.38. The molecule has 21 heavy (non-hydrogen) atoms. The Hall–Kier alpha value is -2.12. The van der Waals surface area contributed by atoms with Crippen molar-refractivity contribution in [2.45, 2.75) is 32.1 Å². The molecule has 0 saturated carbocycles. The zero-order valence-electron chi connectivity index (χ0n) is 11.3. The van der Waals surface area contributed by atoms with Gasteiger partial charge in [-0.15, -0.1) is 0 Å². The van der Waals surface area contributed by atoms with Gasteiger partial charge in [-0.2, -0.15) is 18.2 Å². The Kier molecular flexibility index (Phi) is 3.65. The molecule has 0 fully saturated rings. The van der Waals surface area contributed by atoms with Crippen molar-refractivity contribution in [3.63, 3.8) is 0 Å². The molecule has 1 atom stereocenters. The maximum Gasteiger partial charge on any atom is 0.416 e. The van der Waals surface area contributed by atoms with E-state index in [2.05, 4.69) is 4.99 Å². The van der Waals surface area contributed by atoms with Crippen molar-refractivity contribution in [1.82, 2.24) is 4.90 Å². The minimum absolute atomic E-state index is 0.0527. The third-order valence-corrected chi connectivity index (χ3v) is 3.12. The summed E-state index contributed by atoms with van der Waals surface area (Å²) in [6.45, 7) is 3.34. The molecule has 1 aliphatic rings. The maximum absolute atomic E-state index is 13.5. The number of urea groups is 1. The second-order valence-corrected chi connectivity index (χ2v) is 4.99. The normalized spacial score (nSPS) is 19.4. The van der Waals surface area contributed by atoms with Gasteiger partial charge in [0.05, 0.1) is 5.56 Å². The summed E-state index contributed by atoms with van der Waals surface area (Å²) >= 11 is 0. The average Bonchev–Trinajstić information content (AvgIpc) is 2.62. The summed E-state index contributed by atoms with van der Waals surface area (Å²) < 4.78 is 51.7. The van der Waals surface area contributed by atoms with E-state index in [-0.39, 0.29) is 17.4 Å². The van der Waals surface area contributed by atoms with E-state index in [9.17, 15) is 22.4 Å². The van der Waals surface area contributed by atoms with Crippen LogP contribution in [0.2, 0.25) is 0 Å². The van der Waals surface area contributed by atoms with Crippen LogP contribution < -0.4 is 5.73 Å². The second-order valence-electron chi connectivity index (χ2n) is 4.99. The van der Waals surface area contributed by atoms with E-state index in [4.69, 9.17) is 5.73 Å². The Labute approximate surface area is 118 Å². The number of rotatable bonds is 2. The highest BCUT2D eigenvalue weighted by molar-refractivity contribution is 6.03. The number of amides is 2. The van der Waals surface area contributed by atoms with Crippen molar-refractivity contribution < 1.29 is 22.4 Å². The van der Waals surface area contributed by atoms with Gasteiger partial charge in [-0.25, -0.2) is 9.18 Å². The number of benzene rings is 1. The molecule has 0 aromatic heterocycles. The van der Waals surface area contributed by atoms with Crippen LogP contribution >= 0.6 is 0 Å². The molecule has 0 spiro atoms. The van der Waals surface area contributed by atoms with Crippen molar-refractivity contribution in [3.8, 4) is 0 Å². The molecule has 0 bridgehead atoms. The lowest BCUT2D eigenvalue weighted by atomic mass is 10.0. The number of nitrogens with two attached hydrogens (primary N) is 1. The Morgan fingerprint density at radius 3 is 2.43 bits per heavy atom. The first kappa shape index (κ1) is 15.3. The van der Waals surface area contributed by atoms with E-state index in [1.165, 1.54) is 4.90 Å². The number of hydrogen-bond donors (Lipinski definition) is 1. The van der Waals surface area contributed by atoms with Crippen LogP contribution in [0.4, 0.5) is 22.4 Å². The van der Waals surface area contributed by atoms with Gasteiger partial charge in [0.2, 0.25) is 0 Å². The number of nitrogens with zero attached hydrogens (tertiary/aromatic N) is 2. The first-order valence-electron chi connectivity index (χ1n) is 6.15. The van der Waals surface area contributed by atoms with Crippen molar-refractivity contribution in [3.05, 3.63) is 35.1 Å². The van der Waals surface area contributed by atoms with E-state index in [1.807, 2.05) is 0 Å². The summed E-state index contributed by atoms with van der Waals surface area (Å²) in [6.07, 6.45) is -4.69. The van der Waals surface area contributed by atoms with Gasteiger partial charge in [-0.1, -0.05) is 0 Å². The minimum atomic E-state index is -4.69. The van der Waals surface area contributed by atoms with Crippen LogP contribution in [0.3, 0.4) is 0 Å². The van der Waals surface area contributed by atoms with Crippen molar-refractivity contribution in [1.29, 1.82) is 0 Å². The minimum Gasteiger partial charge on any atom is -0.385 e. The van der Waals surface area contributed by atoms with E-state index >= 15 is 0 Å². The SMILES string of the molecule is CC(C)N1C(=O)N=C(N)C1c1cc(F)cc(C(F)(F)F)c1. The van der Waals surface area contributed by atoms with Crippen molar-refractivity contribution in [2.24, 2.45) is 10.7 Å². The first-order chi connectivity index (χ1) is 9.61. The summed E-state index contributed by atoms with van der Waals surface area (Å²) in [5, 5.41) is 0. The fourth-order valence-electron chi connectivity index (χ4n) is 2.27. The van der Waals surface area contributed by atoms with Gasteiger partial charge in [-0.3, -0.25) is 0 Å². The Morgan fingerprint density at radius 1 is 1.29 bits per heavy atom. The molecule has 4 nitrogen and oxygen atoms in total. The summed E-state index contributed by atoms with van der Waals surface area (Å²) in [4.78, 5) is 16.5. The summed E-state index contributed by atoms with van der Waals surface area (Å²) in [5.41, 5.74) is 4.44. The second kappa shape index (κ2) is 5.01. The first-order valence-corrected chi connectivity index (χ1v) is 6.15. The molecule has 8 heteroatoms. The van der Waals surface area contributed by atoms with E-state index < -0.39 is 29.6 Å². The third kappa shape index (κ3) is 2.84. The zero-order chi connectivity index (χ0) is 15.9. The van der Waals surface area contributed by atoms with Gasteiger partial charge in [-0.05, 0) is 37.6 Å². The highest BCUT2D eigenvalue weighted by Crippen LogP contribution is 2.35. The highest BCUT2D eigenvalue weighted by atomic mass is 19.4. The number of alkyl halides is 3. The smallest absolute Gasteiger partial charge is 0.385 e. The molecule has 1 heterocycles. The van der Waals surface area contributed by atoms with Gasteiger partial charge >= 0.3 is 12.2 Å². The predicted molar refractivity (Wildman–Crippen MR) is 68.1 cm³/mol. The molecule has 0 saturated heterocycles. The standard InChI is InChI=1S/C13H13F4N3O/c1-6(2)20-10(11(18)19-12(20)21)7-3-8(13(15,16)17)5-9(14)4-7/h3-6,10H,1-2H3,(H2,18,19,21). The fourth-order valence-corrected chi connectivity index (χ4v) is 2.27. The monoisotopic (exact) mass is 303 g/mol. The van der Waals surface area contributed by atoms with Gasteiger partial charge in [0, 0.05) is 6.04 Å². The lowest BCUT2D eigenvalue weighted by Gasteiger charge is -2.28. The zero-order valence-corrected chi connectivity index (χ0v) is 11.3. The number of carbonyl (C=O) groups excluding carboxylic acids is 1. The topological polar surface area (TPSA) is 58.7 Å². The quantitative estimate of drug-likeness (QED) is 0.854. The molecule has 1 aromatic rings. The number of amidine groups is 1. The summed E-state index contributed by atoms with van der Waals surface area (Å²) in [6, 6.07) is 0.123. The maximum atomic E-state index is 13.5. The Balaban J connectivity index is 2.53. The van der Waals surface area contributed by atoms with Crippen LogP contribution in [-0.2, 0) is 6.18 Å². The van der Waals surface area contributed by atoms with Crippen LogP contribution in [0.5, 0.6) is 0 Å². The van der Waals surface area contributed by atoms with Gasteiger partial charge in [0.15, 0.2) is 0 Å². The van der Waals surface area contributed by atoms with Gasteiger partial charge in [0.25, 0.3) is 0 Å². The number of carbonyl (C=O) groups is 1. The molecular weight excluding hydrogens is 290 g/mol. The molecule has 2 amide bonds. The molecule has 114 valence electrons.